The Morgan fingerprint density at radius 1 is 1.13 bits per heavy atom. The lowest BCUT2D eigenvalue weighted by atomic mass is 10.3. The quantitative estimate of drug-likeness (QED) is 0.588. The number of carbonyl (C=O) groups excluding carboxylic acids is 1. The highest BCUT2D eigenvalue weighted by molar-refractivity contribution is 7.89. The Balaban J connectivity index is 1.52. The van der Waals surface area contributed by atoms with Gasteiger partial charge in [0.1, 0.15) is 4.88 Å². The van der Waals surface area contributed by atoms with Gasteiger partial charge in [0.25, 0.3) is 5.91 Å². The van der Waals surface area contributed by atoms with E-state index in [4.69, 9.17) is 0 Å². The van der Waals surface area contributed by atoms with Gasteiger partial charge in [-0.05, 0) is 39.0 Å². The van der Waals surface area contributed by atoms with Crippen molar-refractivity contribution in [2.24, 2.45) is 0 Å². The van der Waals surface area contributed by atoms with Crippen LogP contribution in [0.2, 0.25) is 0 Å². The van der Waals surface area contributed by atoms with E-state index in [9.17, 15) is 18.0 Å². The number of fused-ring (bicyclic) bond motifs is 1. The minimum absolute atomic E-state index is 0.0947. The fourth-order valence-corrected chi connectivity index (χ4v) is 7.07. The largest absolute Gasteiger partial charge is 0.335 e. The standard InChI is InChI=1S/C19H22N4O4S3/c1-4-23-15-6-5-14(11-16(15)29-19(23)25)30(26,27)22-9-7-21(8-10-22)18(24)17-12(2)20-13(3)28-17/h5-6,11H,4,7-10H2,1-3H3. The number of benzene rings is 1. The molecule has 0 saturated carbocycles. The molecular formula is C19H22N4O4S3. The van der Waals surface area contributed by atoms with E-state index in [0.29, 0.717) is 34.9 Å². The van der Waals surface area contributed by atoms with Crippen molar-refractivity contribution in [2.45, 2.75) is 32.2 Å². The molecule has 0 bridgehead atoms. The summed E-state index contributed by atoms with van der Waals surface area (Å²) in [6.45, 7) is 7.22. The van der Waals surface area contributed by atoms with Crippen LogP contribution in [0.15, 0.2) is 27.9 Å². The number of hydrogen-bond acceptors (Lipinski definition) is 7. The molecule has 1 saturated heterocycles. The van der Waals surface area contributed by atoms with E-state index in [-0.39, 0.29) is 28.8 Å². The van der Waals surface area contributed by atoms with Crippen molar-refractivity contribution in [1.82, 2.24) is 18.8 Å². The molecule has 8 nitrogen and oxygen atoms in total. The molecule has 160 valence electrons. The average molecular weight is 467 g/mol. The van der Waals surface area contributed by atoms with Crippen LogP contribution >= 0.6 is 22.7 Å². The van der Waals surface area contributed by atoms with E-state index in [1.165, 1.54) is 15.6 Å². The Hall–Kier alpha value is -2.08. The van der Waals surface area contributed by atoms with Crippen molar-refractivity contribution >= 4 is 48.8 Å². The first-order chi connectivity index (χ1) is 14.2. The van der Waals surface area contributed by atoms with Crippen molar-refractivity contribution in [3.05, 3.63) is 43.4 Å². The van der Waals surface area contributed by atoms with Gasteiger partial charge >= 0.3 is 4.87 Å². The van der Waals surface area contributed by atoms with Crippen molar-refractivity contribution in [3.8, 4) is 0 Å². The van der Waals surface area contributed by atoms with Crippen LogP contribution in [0, 0.1) is 13.8 Å². The predicted octanol–water partition coefficient (Wildman–Crippen LogP) is 2.30. The Morgan fingerprint density at radius 3 is 2.43 bits per heavy atom. The van der Waals surface area contributed by atoms with Crippen LogP contribution in [0.5, 0.6) is 0 Å². The number of thiazole rings is 2. The zero-order valence-electron chi connectivity index (χ0n) is 16.9. The molecule has 1 fully saturated rings. The lowest BCUT2D eigenvalue weighted by molar-refractivity contribution is 0.0702. The smallest absolute Gasteiger partial charge is 0.308 e. The van der Waals surface area contributed by atoms with E-state index >= 15 is 0 Å². The molecule has 2 aromatic heterocycles. The first kappa shape index (κ1) is 21.2. The highest BCUT2D eigenvalue weighted by Crippen LogP contribution is 2.26. The van der Waals surface area contributed by atoms with Crippen molar-refractivity contribution < 1.29 is 13.2 Å². The van der Waals surface area contributed by atoms with Crippen molar-refractivity contribution in [1.29, 1.82) is 0 Å². The third kappa shape index (κ3) is 3.59. The minimum atomic E-state index is -3.70. The van der Waals surface area contributed by atoms with Crippen LogP contribution in [0.1, 0.15) is 27.3 Å². The van der Waals surface area contributed by atoms with E-state index < -0.39 is 10.0 Å². The van der Waals surface area contributed by atoms with Crippen LogP contribution < -0.4 is 4.87 Å². The Morgan fingerprint density at radius 2 is 1.83 bits per heavy atom. The van der Waals surface area contributed by atoms with Gasteiger partial charge in [-0.2, -0.15) is 4.31 Å². The van der Waals surface area contributed by atoms with E-state index in [1.807, 2.05) is 20.8 Å². The minimum Gasteiger partial charge on any atom is -0.335 e. The summed E-state index contributed by atoms with van der Waals surface area (Å²) in [5.74, 6) is -0.0951. The summed E-state index contributed by atoms with van der Waals surface area (Å²) in [5, 5.41) is 0.840. The van der Waals surface area contributed by atoms with Crippen LogP contribution in [-0.4, -0.2) is 59.3 Å². The molecule has 0 spiro atoms. The van der Waals surface area contributed by atoms with Crippen molar-refractivity contribution in [3.63, 3.8) is 0 Å². The molecule has 4 rings (SSSR count). The molecule has 0 N–H and O–H groups in total. The van der Waals surface area contributed by atoms with Gasteiger partial charge in [0.15, 0.2) is 0 Å². The van der Waals surface area contributed by atoms with Gasteiger partial charge in [-0.1, -0.05) is 11.3 Å². The number of aryl methyl sites for hydroxylation is 3. The Kier molecular flexibility index (Phi) is 5.56. The topological polar surface area (TPSA) is 92.6 Å². The normalized spacial score (nSPS) is 15.8. The van der Waals surface area contributed by atoms with Crippen LogP contribution in [0.25, 0.3) is 10.2 Å². The summed E-state index contributed by atoms with van der Waals surface area (Å²) < 4.78 is 30.0. The monoisotopic (exact) mass is 466 g/mol. The molecule has 1 amide bonds. The lowest BCUT2D eigenvalue weighted by Gasteiger charge is -2.33. The predicted molar refractivity (Wildman–Crippen MR) is 118 cm³/mol. The van der Waals surface area contributed by atoms with Crippen molar-refractivity contribution in [2.75, 3.05) is 26.2 Å². The van der Waals surface area contributed by atoms with Gasteiger partial charge in [0.2, 0.25) is 10.0 Å². The maximum atomic E-state index is 13.1. The average Bonchev–Trinajstić information content (AvgIpc) is 3.23. The number of carbonyl (C=O) groups is 1. The first-order valence-electron chi connectivity index (χ1n) is 9.59. The molecule has 3 aromatic rings. The van der Waals surface area contributed by atoms with Crippen LogP contribution in [-0.2, 0) is 16.6 Å². The Bertz CT molecular complexity index is 1280. The van der Waals surface area contributed by atoms with Crippen LogP contribution in [0.4, 0.5) is 0 Å². The fraction of sp³-hybridized carbons (Fsp3) is 0.421. The summed E-state index contributed by atoms with van der Waals surface area (Å²) >= 11 is 2.42. The highest BCUT2D eigenvalue weighted by atomic mass is 32.2. The zero-order chi connectivity index (χ0) is 21.6. The van der Waals surface area contributed by atoms with Gasteiger partial charge in [-0.15, -0.1) is 11.3 Å². The Labute approximate surface area is 182 Å². The number of sulfonamides is 1. The maximum absolute atomic E-state index is 13.1. The van der Waals surface area contributed by atoms with Gasteiger partial charge in [-0.3, -0.25) is 14.2 Å². The van der Waals surface area contributed by atoms with E-state index in [0.717, 1.165) is 21.9 Å². The molecule has 0 unspecified atom stereocenters. The number of nitrogens with zero attached hydrogens (tertiary/aromatic N) is 4. The van der Waals surface area contributed by atoms with Crippen LogP contribution in [0.3, 0.4) is 0 Å². The number of aromatic nitrogens is 2. The molecule has 0 atom stereocenters. The number of rotatable bonds is 4. The van der Waals surface area contributed by atoms with Gasteiger partial charge < -0.3 is 4.90 Å². The number of amides is 1. The second-order valence-corrected chi connectivity index (χ2v) is 11.2. The van der Waals surface area contributed by atoms with Gasteiger partial charge in [-0.25, -0.2) is 13.4 Å². The third-order valence-electron chi connectivity index (χ3n) is 5.22. The molecule has 1 aromatic carbocycles. The summed E-state index contributed by atoms with van der Waals surface area (Å²) in [6, 6.07) is 4.82. The SMILES string of the molecule is CCn1c(=O)sc2cc(S(=O)(=O)N3CCN(C(=O)c4sc(C)nc4C)CC3)ccc21. The molecule has 11 heteroatoms. The molecular weight excluding hydrogens is 444 g/mol. The third-order valence-corrected chi connectivity index (χ3v) is 9.11. The molecule has 0 aliphatic carbocycles. The highest BCUT2D eigenvalue weighted by Gasteiger charge is 2.31. The van der Waals surface area contributed by atoms with Gasteiger partial charge in [0, 0.05) is 32.7 Å². The van der Waals surface area contributed by atoms with Gasteiger partial charge in [0.05, 0.1) is 25.8 Å². The lowest BCUT2D eigenvalue weighted by Crippen LogP contribution is -2.50. The second-order valence-electron chi connectivity index (χ2n) is 7.09. The summed E-state index contributed by atoms with van der Waals surface area (Å²) in [6.07, 6.45) is 0. The first-order valence-corrected chi connectivity index (χ1v) is 12.7. The zero-order valence-corrected chi connectivity index (χ0v) is 19.4. The maximum Gasteiger partial charge on any atom is 0.308 e. The molecule has 30 heavy (non-hydrogen) atoms. The molecule has 0 radical (unpaired) electrons. The number of hydrogen-bond donors (Lipinski definition) is 0. The second kappa shape index (κ2) is 7.88. The summed E-state index contributed by atoms with van der Waals surface area (Å²) in [7, 11) is -3.70. The van der Waals surface area contributed by atoms with E-state index in [2.05, 4.69) is 4.98 Å². The summed E-state index contributed by atoms with van der Waals surface area (Å²) in [4.78, 5) is 31.5. The molecule has 1 aliphatic rings. The number of piperazine rings is 1. The molecule has 1 aliphatic heterocycles. The summed E-state index contributed by atoms with van der Waals surface area (Å²) in [5.41, 5.74) is 1.46. The van der Waals surface area contributed by atoms with E-state index in [1.54, 1.807) is 27.7 Å². The fourth-order valence-electron chi connectivity index (χ4n) is 3.66. The molecule has 3 heterocycles.